The van der Waals surface area contributed by atoms with Crippen LogP contribution >= 0.6 is 0 Å². The smallest absolute Gasteiger partial charge is 0.216 e. The zero-order chi connectivity index (χ0) is 12.8. The van der Waals surface area contributed by atoms with Crippen LogP contribution in [0.25, 0.3) is 5.57 Å². The van der Waals surface area contributed by atoms with E-state index in [1.165, 1.54) is 6.20 Å². The number of para-hydroxylation sites is 1. The van der Waals surface area contributed by atoms with Crippen LogP contribution in [-0.4, -0.2) is 20.6 Å². The molecule has 86 valence electrons. The lowest BCUT2D eigenvalue weighted by Gasteiger charge is -2.03. The van der Waals surface area contributed by atoms with E-state index in [1.54, 1.807) is 6.07 Å². The number of nitrogens with one attached hydrogen (secondary N) is 2. The molecule has 0 fully saturated rings. The van der Waals surface area contributed by atoms with Crippen molar-refractivity contribution in [1.82, 2.24) is 20.6 Å². The molecule has 2 aromatic rings. The number of allylic oxidation sites excluding steroid dienone is 1. The average Bonchev–Trinajstić information content (AvgIpc) is 2.94. The summed E-state index contributed by atoms with van der Waals surface area (Å²) in [4.78, 5) is 0. The van der Waals surface area contributed by atoms with Crippen molar-refractivity contribution in [3.05, 3.63) is 41.9 Å². The number of H-pyrrole nitrogens is 1. The Morgan fingerprint density at radius 2 is 2.28 bits per heavy atom. The molecule has 18 heavy (non-hydrogen) atoms. The summed E-state index contributed by atoms with van der Waals surface area (Å²) in [6.45, 7) is 0. The summed E-state index contributed by atoms with van der Waals surface area (Å²) in [5.74, 6) is 2.77. The first-order chi connectivity index (χ1) is 8.85. The number of terminal acetylenes is 1. The van der Waals surface area contributed by atoms with Gasteiger partial charge in [-0.05, 0) is 17.3 Å². The van der Waals surface area contributed by atoms with Gasteiger partial charge in [0, 0.05) is 11.8 Å². The number of hydrogen-bond acceptors (Lipinski definition) is 5. The van der Waals surface area contributed by atoms with Crippen LogP contribution in [0.1, 0.15) is 11.4 Å². The van der Waals surface area contributed by atoms with E-state index in [-0.39, 0.29) is 11.4 Å². The van der Waals surface area contributed by atoms with Crippen molar-refractivity contribution >= 4 is 11.3 Å². The highest BCUT2D eigenvalue weighted by Crippen LogP contribution is 2.15. The van der Waals surface area contributed by atoms with E-state index in [1.807, 2.05) is 24.3 Å². The average molecular weight is 236 g/mol. The lowest BCUT2D eigenvalue weighted by atomic mass is 10.2. The Kier molecular flexibility index (Phi) is 3.34. The normalized spacial score (nSPS) is 10.4. The van der Waals surface area contributed by atoms with Gasteiger partial charge in [-0.1, -0.05) is 18.1 Å². The van der Waals surface area contributed by atoms with E-state index in [9.17, 15) is 0 Å². The van der Waals surface area contributed by atoms with Crippen LogP contribution in [0.15, 0.2) is 30.5 Å². The fraction of sp³-hybridized carbons (Fsp3) is 0. The standard InChI is InChI=1S/C12H8N6/c1-2-9-5-3-4-6-11(9)14-8-10(7-13)12-15-17-18-16-12/h1,3-6,8,14H,(H,15,16,17,18). The molecule has 0 amide bonds. The maximum Gasteiger partial charge on any atom is 0.216 e. The second-order valence-corrected chi connectivity index (χ2v) is 3.24. The lowest BCUT2D eigenvalue weighted by molar-refractivity contribution is 0.881. The maximum absolute atomic E-state index is 8.98. The molecule has 2 N–H and O–H groups in total. The number of rotatable bonds is 3. The number of nitriles is 1. The first-order valence-electron chi connectivity index (χ1n) is 5.01. The maximum atomic E-state index is 8.98. The first-order valence-corrected chi connectivity index (χ1v) is 5.01. The minimum atomic E-state index is 0.225. The van der Waals surface area contributed by atoms with Gasteiger partial charge in [-0.25, -0.2) is 0 Å². The van der Waals surface area contributed by atoms with Crippen LogP contribution in [0.4, 0.5) is 5.69 Å². The van der Waals surface area contributed by atoms with E-state index >= 15 is 0 Å². The molecule has 0 bridgehead atoms. The van der Waals surface area contributed by atoms with Crippen LogP contribution in [-0.2, 0) is 0 Å². The fourth-order valence-corrected chi connectivity index (χ4v) is 1.31. The molecule has 0 aliphatic carbocycles. The minimum Gasteiger partial charge on any atom is -0.359 e. The van der Waals surface area contributed by atoms with Crippen LogP contribution in [0.2, 0.25) is 0 Å². The number of hydrogen-bond donors (Lipinski definition) is 2. The largest absolute Gasteiger partial charge is 0.359 e. The van der Waals surface area contributed by atoms with Crippen molar-refractivity contribution in [3.8, 4) is 18.4 Å². The Morgan fingerprint density at radius 3 is 2.94 bits per heavy atom. The Labute approximate surface area is 103 Å². The summed E-state index contributed by atoms with van der Waals surface area (Å²) < 4.78 is 0. The SMILES string of the molecule is C#Cc1ccccc1NC=C(C#N)c1nn[nH]n1. The lowest BCUT2D eigenvalue weighted by Crippen LogP contribution is -1.94. The molecular weight excluding hydrogens is 228 g/mol. The van der Waals surface area contributed by atoms with Gasteiger partial charge >= 0.3 is 0 Å². The third kappa shape index (κ3) is 2.34. The molecule has 0 atom stereocenters. The molecule has 0 aliphatic rings. The Morgan fingerprint density at radius 1 is 1.44 bits per heavy atom. The fourth-order valence-electron chi connectivity index (χ4n) is 1.31. The van der Waals surface area contributed by atoms with Crippen molar-refractivity contribution in [2.45, 2.75) is 0 Å². The summed E-state index contributed by atoms with van der Waals surface area (Å²) in [5.41, 5.74) is 1.70. The molecule has 6 nitrogen and oxygen atoms in total. The van der Waals surface area contributed by atoms with Gasteiger partial charge in [0.2, 0.25) is 5.82 Å². The highest BCUT2D eigenvalue weighted by molar-refractivity contribution is 5.74. The predicted octanol–water partition coefficient (Wildman–Crippen LogP) is 1.16. The van der Waals surface area contributed by atoms with E-state index < -0.39 is 0 Å². The van der Waals surface area contributed by atoms with Gasteiger partial charge in [-0.15, -0.1) is 16.6 Å². The quantitative estimate of drug-likeness (QED) is 0.616. The highest BCUT2D eigenvalue weighted by atomic mass is 15.5. The Balaban J connectivity index is 2.25. The summed E-state index contributed by atoms with van der Waals surface area (Å²) in [6.07, 6.45) is 6.86. The number of nitrogens with zero attached hydrogens (tertiary/aromatic N) is 4. The number of benzene rings is 1. The van der Waals surface area contributed by atoms with Gasteiger partial charge in [0.15, 0.2) is 0 Å². The second kappa shape index (κ2) is 5.28. The Bertz CT molecular complexity index is 642. The second-order valence-electron chi connectivity index (χ2n) is 3.24. The molecular formula is C12H8N6. The minimum absolute atomic E-state index is 0.225. The van der Waals surface area contributed by atoms with Crippen LogP contribution in [0.5, 0.6) is 0 Å². The molecule has 6 heteroatoms. The summed E-state index contributed by atoms with van der Waals surface area (Å²) in [6, 6.07) is 9.28. The van der Waals surface area contributed by atoms with Gasteiger partial charge < -0.3 is 5.32 Å². The summed E-state index contributed by atoms with van der Waals surface area (Å²) >= 11 is 0. The predicted molar refractivity (Wildman–Crippen MR) is 65.8 cm³/mol. The summed E-state index contributed by atoms with van der Waals surface area (Å²) in [7, 11) is 0. The zero-order valence-electron chi connectivity index (χ0n) is 9.25. The Hall–Kier alpha value is -3.12. The molecule has 2 rings (SSSR count). The molecule has 0 radical (unpaired) electrons. The topological polar surface area (TPSA) is 90.3 Å². The zero-order valence-corrected chi connectivity index (χ0v) is 9.25. The van der Waals surface area contributed by atoms with E-state index in [0.717, 1.165) is 5.69 Å². The van der Waals surface area contributed by atoms with Crippen LogP contribution in [0, 0.1) is 23.7 Å². The molecule has 1 aromatic carbocycles. The van der Waals surface area contributed by atoms with Crippen molar-refractivity contribution < 1.29 is 0 Å². The molecule has 1 aromatic heterocycles. The molecule has 0 saturated carbocycles. The molecule has 0 unspecified atom stereocenters. The first kappa shape index (κ1) is 11.4. The van der Waals surface area contributed by atoms with Gasteiger partial charge in [0.25, 0.3) is 0 Å². The third-order valence-electron chi connectivity index (χ3n) is 2.16. The van der Waals surface area contributed by atoms with Crippen LogP contribution < -0.4 is 5.32 Å². The number of anilines is 1. The van der Waals surface area contributed by atoms with Crippen molar-refractivity contribution in [2.24, 2.45) is 0 Å². The number of aromatic amines is 1. The van der Waals surface area contributed by atoms with Gasteiger partial charge in [-0.3, -0.25) is 0 Å². The van der Waals surface area contributed by atoms with E-state index in [2.05, 4.69) is 31.9 Å². The van der Waals surface area contributed by atoms with Crippen molar-refractivity contribution in [3.63, 3.8) is 0 Å². The van der Waals surface area contributed by atoms with E-state index in [4.69, 9.17) is 11.7 Å². The number of aromatic nitrogens is 4. The van der Waals surface area contributed by atoms with Crippen LogP contribution in [0.3, 0.4) is 0 Å². The monoisotopic (exact) mass is 236 g/mol. The van der Waals surface area contributed by atoms with Gasteiger partial charge in [-0.2, -0.15) is 10.5 Å². The van der Waals surface area contributed by atoms with Gasteiger partial charge in [0.05, 0.1) is 5.69 Å². The van der Waals surface area contributed by atoms with Crippen molar-refractivity contribution in [1.29, 1.82) is 5.26 Å². The molecule has 0 aliphatic heterocycles. The summed E-state index contributed by atoms with van der Waals surface area (Å²) in [5, 5.41) is 25.1. The van der Waals surface area contributed by atoms with Crippen molar-refractivity contribution in [2.75, 3.05) is 5.32 Å². The van der Waals surface area contributed by atoms with E-state index in [0.29, 0.717) is 5.56 Å². The molecule has 0 saturated heterocycles. The molecule has 1 heterocycles. The van der Waals surface area contributed by atoms with Gasteiger partial charge in [0.1, 0.15) is 11.6 Å². The third-order valence-corrected chi connectivity index (χ3v) is 2.16. The highest BCUT2D eigenvalue weighted by Gasteiger charge is 2.05. The molecule has 0 spiro atoms. The number of tetrazole rings is 1.